The van der Waals surface area contributed by atoms with Crippen LogP contribution in [0.4, 0.5) is 0 Å². The molecule has 3 nitrogen and oxygen atoms in total. The first kappa shape index (κ1) is 22.1. The minimum absolute atomic E-state index is 0.605. The van der Waals surface area contributed by atoms with E-state index in [4.69, 9.17) is 4.99 Å². The summed E-state index contributed by atoms with van der Waals surface area (Å²) in [6.07, 6.45) is 5.21. The summed E-state index contributed by atoms with van der Waals surface area (Å²) < 4.78 is 0. The monoisotopic (exact) mass is 417 g/mol. The van der Waals surface area contributed by atoms with E-state index in [0.29, 0.717) is 24.0 Å². The van der Waals surface area contributed by atoms with Crippen molar-refractivity contribution < 1.29 is 0 Å². The molecule has 0 radical (unpaired) electrons. The highest BCUT2D eigenvalue weighted by molar-refractivity contribution is 5.99. The van der Waals surface area contributed by atoms with Crippen LogP contribution in [0.2, 0.25) is 0 Å². The molecule has 2 unspecified atom stereocenters. The van der Waals surface area contributed by atoms with Crippen LogP contribution in [0.5, 0.6) is 0 Å². The van der Waals surface area contributed by atoms with Crippen LogP contribution in [0.1, 0.15) is 58.9 Å². The number of nitrogens with zero attached hydrogens (tertiary/aromatic N) is 3. The summed E-state index contributed by atoms with van der Waals surface area (Å²) in [7, 11) is 0. The van der Waals surface area contributed by atoms with Gasteiger partial charge in [0.25, 0.3) is 0 Å². The zero-order chi connectivity index (χ0) is 21.8. The first-order valence-electron chi connectivity index (χ1n) is 12.3. The highest BCUT2D eigenvalue weighted by Gasteiger charge is 2.35. The van der Waals surface area contributed by atoms with E-state index in [0.717, 1.165) is 13.1 Å². The van der Waals surface area contributed by atoms with Gasteiger partial charge in [-0.25, -0.2) is 0 Å². The van der Waals surface area contributed by atoms with Crippen molar-refractivity contribution in [3.05, 3.63) is 60.2 Å². The van der Waals surface area contributed by atoms with Crippen molar-refractivity contribution in [1.82, 2.24) is 9.80 Å². The van der Waals surface area contributed by atoms with Gasteiger partial charge in [0.2, 0.25) is 0 Å². The molecule has 0 saturated carbocycles. The Morgan fingerprint density at radius 2 is 1.52 bits per heavy atom. The summed E-state index contributed by atoms with van der Waals surface area (Å²) in [4.78, 5) is 10.4. The molecule has 2 heterocycles. The molecule has 1 fully saturated rings. The summed E-state index contributed by atoms with van der Waals surface area (Å²) in [6, 6.07) is 21.5. The van der Waals surface area contributed by atoms with E-state index in [-0.39, 0.29) is 0 Å². The Balaban J connectivity index is 1.50. The van der Waals surface area contributed by atoms with Gasteiger partial charge in [0.05, 0.1) is 0 Å². The molecule has 0 spiro atoms. The normalized spacial score (nSPS) is 21.5. The van der Waals surface area contributed by atoms with Crippen molar-refractivity contribution in [2.45, 2.75) is 71.5 Å². The number of piperidine rings is 1. The average Bonchev–Trinajstić information content (AvgIpc) is 2.79. The Morgan fingerprint density at radius 3 is 2.19 bits per heavy atom. The van der Waals surface area contributed by atoms with E-state index in [1.807, 2.05) is 0 Å². The van der Waals surface area contributed by atoms with Gasteiger partial charge in [-0.3, -0.25) is 9.89 Å². The zero-order valence-corrected chi connectivity index (χ0v) is 19.8. The van der Waals surface area contributed by atoms with Crippen molar-refractivity contribution in [1.29, 1.82) is 0 Å². The van der Waals surface area contributed by atoms with E-state index in [9.17, 15) is 0 Å². The van der Waals surface area contributed by atoms with Gasteiger partial charge < -0.3 is 4.90 Å². The predicted octanol–water partition coefficient (Wildman–Crippen LogP) is 6.09. The number of aliphatic imine (C=N–C) groups is 1. The molecule has 4 rings (SSSR count). The molecular weight excluding hydrogens is 378 g/mol. The molecule has 2 aromatic rings. The number of hydrogen-bond donors (Lipinski definition) is 0. The highest BCUT2D eigenvalue weighted by Crippen LogP contribution is 2.32. The van der Waals surface area contributed by atoms with Gasteiger partial charge in [-0.15, -0.1) is 0 Å². The van der Waals surface area contributed by atoms with Gasteiger partial charge in [0.1, 0.15) is 5.84 Å². The fourth-order valence-corrected chi connectivity index (χ4v) is 5.54. The number of fused-ring (bicyclic) bond motifs is 1. The van der Waals surface area contributed by atoms with Gasteiger partial charge in [-0.2, -0.15) is 0 Å². The van der Waals surface area contributed by atoms with Gasteiger partial charge >= 0.3 is 0 Å². The van der Waals surface area contributed by atoms with Crippen molar-refractivity contribution >= 4 is 5.84 Å². The van der Waals surface area contributed by atoms with Crippen molar-refractivity contribution in [2.75, 3.05) is 19.6 Å². The van der Waals surface area contributed by atoms with Crippen molar-refractivity contribution in [3.63, 3.8) is 0 Å². The molecule has 0 amide bonds. The third-order valence-electron chi connectivity index (χ3n) is 7.18. The van der Waals surface area contributed by atoms with Crippen LogP contribution in [0.15, 0.2) is 59.6 Å². The molecule has 3 heteroatoms. The molecule has 166 valence electrons. The molecule has 2 aliphatic rings. The zero-order valence-electron chi connectivity index (χ0n) is 19.8. The van der Waals surface area contributed by atoms with Crippen LogP contribution in [0, 0.1) is 5.92 Å². The van der Waals surface area contributed by atoms with Crippen LogP contribution in [-0.4, -0.2) is 53.4 Å². The molecule has 2 aromatic carbocycles. The van der Waals surface area contributed by atoms with E-state index in [1.165, 1.54) is 54.8 Å². The van der Waals surface area contributed by atoms with E-state index < -0.39 is 0 Å². The molecule has 0 N–H and O–H groups in total. The van der Waals surface area contributed by atoms with Gasteiger partial charge in [0.15, 0.2) is 0 Å². The Labute approximate surface area is 189 Å². The molecule has 2 aliphatic heterocycles. The first-order chi connectivity index (χ1) is 15.0. The minimum Gasteiger partial charge on any atom is -0.353 e. The maximum absolute atomic E-state index is 5.16. The Bertz CT molecular complexity index is 846. The smallest absolute Gasteiger partial charge is 0.131 e. The van der Waals surface area contributed by atoms with Crippen LogP contribution in [0.25, 0.3) is 11.1 Å². The van der Waals surface area contributed by atoms with E-state index in [2.05, 4.69) is 92.1 Å². The molecule has 0 aliphatic carbocycles. The molecule has 0 aromatic heterocycles. The quantitative estimate of drug-likeness (QED) is 0.542. The number of hydrogen-bond acceptors (Lipinski definition) is 3. The molecule has 0 bridgehead atoms. The summed E-state index contributed by atoms with van der Waals surface area (Å²) in [5.41, 5.74) is 3.82. The Morgan fingerprint density at radius 1 is 0.871 bits per heavy atom. The second-order valence-corrected chi connectivity index (χ2v) is 9.84. The summed E-state index contributed by atoms with van der Waals surface area (Å²) in [5, 5.41) is 0. The van der Waals surface area contributed by atoms with Crippen LogP contribution < -0.4 is 0 Å². The van der Waals surface area contributed by atoms with Gasteiger partial charge in [-0.1, -0.05) is 54.6 Å². The predicted molar refractivity (Wildman–Crippen MR) is 133 cm³/mol. The maximum Gasteiger partial charge on any atom is 0.131 e. The molecular formula is C28H39N3. The lowest BCUT2D eigenvalue weighted by atomic mass is 9.85. The summed E-state index contributed by atoms with van der Waals surface area (Å²) in [6.45, 7) is 12.6. The standard InChI is InChI=1S/C28H39N3/c1-21(2)30(22(3)4)19-17-26-20-29-28(31-18-9-8-12-27(26)31)25-15-13-24(14-16-25)23-10-6-5-7-11-23/h5-7,10-11,13-16,21-22,26-27H,8-9,12,17-20H2,1-4H3. The molecule has 2 atom stereocenters. The van der Waals surface area contributed by atoms with E-state index >= 15 is 0 Å². The Hall–Kier alpha value is -2.13. The minimum atomic E-state index is 0.605. The first-order valence-corrected chi connectivity index (χ1v) is 12.3. The van der Waals surface area contributed by atoms with Crippen LogP contribution in [0.3, 0.4) is 0 Å². The second kappa shape index (κ2) is 9.99. The number of rotatable bonds is 7. The largest absolute Gasteiger partial charge is 0.353 e. The average molecular weight is 418 g/mol. The third kappa shape index (κ3) is 5.03. The number of benzene rings is 2. The number of amidine groups is 1. The van der Waals surface area contributed by atoms with Crippen LogP contribution >= 0.6 is 0 Å². The van der Waals surface area contributed by atoms with Crippen molar-refractivity contribution in [2.24, 2.45) is 10.9 Å². The fraction of sp³-hybridized carbons (Fsp3) is 0.536. The molecule has 1 saturated heterocycles. The van der Waals surface area contributed by atoms with Crippen LogP contribution in [-0.2, 0) is 0 Å². The molecule has 31 heavy (non-hydrogen) atoms. The lowest BCUT2D eigenvalue weighted by Crippen LogP contribution is -2.52. The lowest BCUT2D eigenvalue weighted by molar-refractivity contribution is 0.120. The van der Waals surface area contributed by atoms with Gasteiger partial charge in [0, 0.05) is 42.7 Å². The topological polar surface area (TPSA) is 18.8 Å². The fourth-order valence-electron chi connectivity index (χ4n) is 5.54. The van der Waals surface area contributed by atoms with Crippen molar-refractivity contribution in [3.8, 4) is 11.1 Å². The van der Waals surface area contributed by atoms with Gasteiger partial charge in [-0.05, 0) is 71.0 Å². The summed E-state index contributed by atoms with van der Waals surface area (Å²) >= 11 is 0. The maximum atomic E-state index is 5.16. The summed E-state index contributed by atoms with van der Waals surface area (Å²) in [5.74, 6) is 1.90. The third-order valence-corrected chi connectivity index (χ3v) is 7.18. The second-order valence-electron chi connectivity index (χ2n) is 9.84. The highest BCUT2D eigenvalue weighted by atomic mass is 15.2. The lowest BCUT2D eigenvalue weighted by Gasteiger charge is -2.46. The van der Waals surface area contributed by atoms with E-state index in [1.54, 1.807) is 0 Å². The SMILES string of the molecule is CC(C)N(CCC1CN=C(c2ccc(-c3ccccc3)cc2)N2CCCCC12)C(C)C. The Kier molecular flexibility index (Phi) is 7.12.